The maximum absolute atomic E-state index is 11.8. The third kappa shape index (κ3) is 4.06. The summed E-state index contributed by atoms with van der Waals surface area (Å²) in [6.45, 7) is 1.53. The summed E-state index contributed by atoms with van der Waals surface area (Å²) < 4.78 is 30.1. The lowest BCUT2D eigenvalue weighted by molar-refractivity contribution is 0.388. The van der Waals surface area contributed by atoms with Crippen LogP contribution in [0.3, 0.4) is 0 Å². The van der Waals surface area contributed by atoms with Crippen LogP contribution < -0.4 is 5.32 Å². The Labute approximate surface area is 115 Å². The summed E-state index contributed by atoms with van der Waals surface area (Å²) in [5, 5.41) is 3.28. The van der Waals surface area contributed by atoms with Crippen LogP contribution in [0.2, 0.25) is 0 Å². The molecule has 1 aliphatic rings. The first-order chi connectivity index (χ1) is 9.00. The van der Waals surface area contributed by atoms with Crippen LogP contribution in [0.5, 0.6) is 0 Å². The minimum absolute atomic E-state index is 0.00674. The molecule has 0 bridgehead atoms. The molecule has 1 aromatic heterocycles. The van der Waals surface area contributed by atoms with Gasteiger partial charge in [0.15, 0.2) is 0 Å². The van der Waals surface area contributed by atoms with E-state index >= 15 is 0 Å². The van der Waals surface area contributed by atoms with Crippen LogP contribution >= 0.6 is 0 Å². The lowest BCUT2D eigenvalue weighted by Crippen LogP contribution is -2.21. The van der Waals surface area contributed by atoms with Gasteiger partial charge in [-0.25, -0.2) is 12.7 Å². The summed E-state index contributed by atoms with van der Waals surface area (Å²) in [6.07, 6.45) is 5.26. The number of hydrogen-bond donors (Lipinski definition) is 1. The highest BCUT2D eigenvalue weighted by Crippen LogP contribution is 2.33. The van der Waals surface area contributed by atoms with Crippen LogP contribution in [0.1, 0.15) is 31.4 Å². The lowest BCUT2D eigenvalue weighted by atomic mass is 10.2. The van der Waals surface area contributed by atoms with Gasteiger partial charge >= 0.3 is 0 Å². The fourth-order valence-corrected chi connectivity index (χ4v) is 2.72. The number of hydrogen-bond acceptors (Lipinski definition) is 4. The molecule has 0 aromatic carbocycles. The number of furan rings is 1. The summed E-state index contributed by atoms with van der Waals surface area (Å²) >= 11 is 0. The largest absolute Gasteiger partial charge is 0.447 e. The molecule has 0 saturated heterocycles. The van der Waals surface area contributed by atoms with Gasteiger partial charge in [-0.1, -0.05) is 12.8 Å². The van der Waals surface area contributed by atoms with E-state index in [1.807, 2.05) is 0 Å². The molecule has 0 radical (unpaired) electrons. The highest BCUT2D eigenvalue weighted by molar-refractivity contribution is 7.88. The Kier molecular flexibility index (Phi) is 4.65. The van der Waals surface area contributed by atoms with Gasteiger partial charge in [0.2, 0.25) is 5.09 Å². The maximum Gasteiger partial charge on any atom is 0.275 e. The Morgan fingerprint density at radius 1 is 1.37 bits per heavy atom. The predicted molar refractivity (Wildman–Crippen MR) is 73.2 cm³/mol. The summed E-state index contributed by atoms with van der Waals surface area (Å²) in [6, 6.07) is 3.22. The molecular formula is C13H22N2O3S. The van der Waals surface area contributed by atoms with Gasteiger partial charge in [0, 0.05) is 14.1 Å². The molecule has 0 unspecified atom stereocenters. The fraction of sp³-hybridized carbons (Fsp3) is 0.692. The molecular weight excluding hydrogens is 264 g/mol. The molecule has 6 heteroatoms. The zero-order valence-electron chi connectivity index (χ0n) is 11.6. The van der Waals surface area contributed by atoms with Gasteiger partial charge in [-0.05, 0) is 37.4 Å². The minimum Gasteiger partial charge on any atom is -0.447 e. The van der Waals surface area contributed by atoms with E-state index in [9.17, 15) is 8.42 Å². The molecule has 0 aliphatic heterocycles. The van der Waals surface area contributed by atoms with E-state index in [-0.39, 0.29) is 5.09 Å². The van der Waals surface area contributed by atoms with Crippen molar-refractivity contribution >= 4 is 10.0 Å². The highest BCUT2D eigenvalue weighted by atomic mass is 32.2. The molecule has 1 N–H and O–H groups in total. The second-order valence-corrected chi connectivity index (χ2v) is 7.35. The smallest absolute Gasteiger partial charge is 0.275 e. The highest BCUT2D eigenvalue weighted by Gasteiger charge is 2.21. The fourth-order valence-electron chi connectivity index (χ4n) is 1.91. The first-order valence-electron chi connectivity index (χ1n) is 6.72. The molecule has 0 atom stereocenters. The Bertz CT molecular complexity index is 504. The Balaban J connectivity index is 1.77. The summed E-state index contributed by atoms with van der Waals surface area (Å²) in [4.78, 5) is 0. The quantitative estimate of drug-likeness (QED) is 0.740. The normalized spacial score (nSPS) is 16.2. The van der Waals surface area contributed by atoms with Crippen LogP contribution in [-0.4, -0.2) is 33.4 Å². The number of nitrogens with one attached hydrogen (secondary N) is 1. The van der Waals surface area contributed by atoms with Crippen molar-refractivity contribution in [1.29, 1.82) is 0 Å². The molecule has 2 rings (SSSR count). The molecule has 1 heterocycles. The zero-order chi connectivity index (χ0) is 13.9. The summed E-state index contributed by atoms with van der Waals surface area (Å²) in [5.41, 5.74) is 0. The van der Waals surface area contributed by atoms with E-state index < -0.39 is 10.0 Å². The zero-order valence-corrected chi connectivity index (χ0v) is 12.4. The first kappa shape index (κ1) is 14.6. The molecule has 1 aromatic rings. The van der Waals surface area contributed by atoms with Crippen molar-refractivity contribution < 1.29 is 12.8 Å². The maximum atomic E-state index is 11.8. The molecule has 108 valence electrons. The summed E-state index contributed by atoms with van der Waals surface area (Å²) in [7, 11) is -0.468. The lowest BCUT2D eigenvalue weighted by Gasteiger charge is -2.07. The van der Waals surface area contributed by atoms with Gasteiger partial charge in [-0.3, -0.25) is 0 Å². The van der Waals surface area contributed by atoms with Crippen molar-refractivity contribution in [1.82, 2.24) is 9.62 Å². The second kappa shape index (κ2) is 6.07. The standard InChI is InChI=1S/C13H22N2O3S/c1-15(2)19(16,17)13-8-7-12(18-13)10-14-9-3-4-11-5-6-11/h7-8,11,14H,3-6,9-10H2,1-2H3. The number of sulfonamides is 1. The van der Waals surface area contributed by atoms with Gasteiger partial charge in [-0.15, -0.1) is 0 Å². The molecule has 0 spiro atoms. The Morgan fingerprint density at radius 3 is 2.74 bits per heavy atom. The van der Waals surface area contributed by atoms with E-state index in [4.69, 9.17) is 4.42 Å². The van der Waals surface area contributed by atoms with Crippen LogP contribution in [0.25, 0.3) is 0 Å². The van der Waals surface area contributed by atoms with Gasteiger partial charge in [0.05, 0.1) is 6.54 Å². The van der Waals surface area contributed by atoms with Gasteiger partial charge < -0.3 is 9.73 Å². The molecule has 1 fully saturated rings. The molecule has 0 amide bonds. The topological polar surface area (TPSA) is 62.6 Å². The minimum atomic E-state index is -3.46. The third-order valence-corrected chi connectivity index (χ3v) is 5.02. The van der Waals surface area contributed by atoms with Crippen molar-refractivity contribution in [2.24, 2.45) is 5.92 Å². The second-order valence-electron chi connectivity index (χ2n) is 5.27. The number of rotatable bonds is 8. The van der Waals surface area contributed by atoms with E-state index in [1.165, 1.54) is 45.8 Å². The monoisotopic (exact) mass is 286 g/mol. The summed E-state index contributed by atoms with van der Waals surface area (Å²) in [5.74, 6) is 1.62. The average Bonchev–Trinajstić information content (AvgIpc) is 3.04. The number of nitrogens with zero attached hydrogens (tertiary/aromatic N) is 1. The Morgan fingerprint density at radius 2 is 2.11 bits per heavy atom. The third-order valence-electron chi connectivity index (χ3n) is 3.33. The molecule has 19 heavy (non-hydrogen) atoms. The first-order valence-corrected chi connectivity index (χ1v) is 8.16. The van der Waals surface area contributed by atoms with Crippen molar-refractivity contribution in [3.8, 4) is 0 Å². The average molecular weight is 286 g/mol. The Hall–Kier alpha value is -0.850. The SMILES string of the molecule is CN(C)S(=O)(=O)c1ccc(CNCCCC2CC2)o1. The van der Waals surface area contributed by atoms with Crippen LogP contribution in [0.4, 0.5) is 0 Å². The van der Waals surface area contributed by atoms with Crippen LogP contribution in [0.15, 0.2) is 21.6 Å². The van der Waals surface area contributed by atoms with Gasteiger partial charge in [0.25, 0.3) is 10.0 Å². The van der Waals surface area contributed by atoms with E-state index in [0.29, 0.717) is 12.3 Å². The van der Waals surface area contributed by atoms with Gasteiger partial charge in [-0.2, -0.15) is 0 Å². The van der Waals surface area contributed by atoms with Crippen LogP contribution in [0, 0.1) is 5.92 Å². The van der Waals surface area contributed by atoms with Crippen molar-refractivity contribution in [2.75, 3.05) is 20.6 Å². The van der Waals surface area contributed by atoms with E-state index in [0.717, 1.165) is 16.8 Å². The van der Waals surface area contributed by atoms with Crippen molar-refractivity contribution in [3.05, 3.63) is 17.9 Å². The van der Waals surface area contributed by atoms with Crippen LogP contribution in [-0.2, 0) is 16.6 Å². The van der Waals surface area contributed by atoms with E-state index in [2.05, 4.69) is 5.32 Å². The van der Waals surface area contributed by atoms with Gasteiger partial charge in [0.1, 0.15) is 5.76 Å². The molecule has 1 saturated carbocycles. The molecule has 5 nitrogen and oxygen atoms in total. The predicted octanol–water partition coefficient (Wildman–Crippen LogP) is 1.81. The van der Waals surface area contributed by atoms with Crippen molar-refractivity contribution in [2.45, 2.75) is 37.3 Å². The van der Waals surface area contributed by atoms with Crippen molar-refractivity contribution in [3.63, 3.8) is 0 Å². The molecule has 1 aliphatic carbocycles. The van der Waals surface area contributed by atoms with E-state index in [1.54, 1.807) is 6.07 Å².